The number of Topliss-reactive ketones (excluding diaryl/α,β-unsaturated/α-hetero) is 1. The van der Waals surface area contributed by atoms with Crippen molar-refractivity contribution in [2.24, 2.45) is 0 Å². The number of aromatic nitrogens is 2. The van der Waals surface area contributed by atoms with Crippen LogP contribution >= 0.6 is 11.6 Å². The Balaban J connectivity index is 3.09. The summed E-state index contributed by atoms with van der Waals surface area (Å²) in [6, 6.07) is 1.64. The Morgan fingerprint density at radius 2 is 2.25 bits per heavy atom. The molecule has 0 aliphatic carbocycles. The van der Waals surface area contributed by atoms with Gasteiger partial charge in [-0.25, -0.2) is 0 Å². The molecule has 0 unspecified atom stereocenters. The first kappa shape index (κ1) is 9.13. The molecule has 0 saturated carbocycles. The van der Waals surface area contributed by atoms with Gasteiger partial charge in [-0.1, -0.05) is 18.5 Å². The molecule has 3 nitrogen and oxygen atoms in total. The first-order valence-electron chi connectivity index (χ1n) is 3.68. The van der Waals surface area contributed by atoms with Crippen LogP contribution in [0.5, 0.6) is 0 Å². The lowest BCUT2D eigenvalue weighted by Crippen LogP contribution is -2.03. The highest BCUT2D eigenvalue weighted by atomic mass is 35.5. The van der Waals surface area contributed by atoms with Gasteiger partial charge in [-0.05, 0) is 13.0 Å². The maximum atomic E-state index is 11.2. The van der Waals surface area contributed by atoms with Crippen LogP contribution in [0.3, 0.4) is 0 Å². The predicted octanol–water partition coefficient (Wildman–Crippen LogP) is 2.03. The van der Waals surface area contributed by atoms with Gasteiger partial charge in [0, 0.05) is 6.42 Å². The van der Waals surface area contributed by atoms with Crippen molar-refractivity contribution in [3.8, 4) is 0 Å². The normalized spacial score (nSPS) is 9.92. The molecule has 1 aromatic heterocycles. The summed E-state index contributed by atoms with van der Waals surface area (Å²) in [7, 11) is 0. The van der Waals surface area contributed by atoms with Crippen molar-refractivity contribution in [3.63, 3.8) is 0 Å². The summed E-state index contributed by atoms with van der Waals surface area (Å²) in [6.45, 7) is 3.54. The summed E-state index contributed by atoms with van der Waals surface area (Å²) in [5.41, 5.74) is 0.984. The molecule has 64 valence electrons. The van der Waals surface area contributed by atoms with Gasteiger partial charge in [0.2, 0.25) is 0 Å². The molecule has 0 aliphatic heterocycles. The maximum absolute atomic E-state index is 11.2. The topological polar surface area (TPSA) is 42.9 Å². The molecule has 12 heavy (non-hydrogen) atoms. The van der Waals surface area contributed by atoms with Gasteiger partial charge in [-0.2, -0.15) is 5.10 Å². The van der Waals surface area contributed by atoms with Crippen molar-refractivity contribution < 1.29 is 4.79 Å². The Morgan fingerprint density at radius 3 is 2.75 bits per heavy atom. The first-order chi connectivity index (χ1) is 5.65. The van der Waals surface area contributed by atoms with Crippen molar-refractivity contribution in [2.75, 3.05) is 0 Å². The Kier molecular flexibility index (Phi) is 2.76. The molecule has 0 amide bonds. The number of rotatable bonds is 2. The van der Waals surface area contributed by atoms with E-state index in [1.54, 1.807) is 19.9 Å². The van der Waals surface area contributed by atoms with Crippen molar-refractivity contribution in [1.82, 2.24) is 10.2 Å². The van der Waals surface area contributed by atoms with E-state index >= 15 is 0 Å². The van der Waals surface area contributed by atoms with Gasteiger partial charge in [0.25, 0.3) is 0 Å². The third-order valence-corrected chi connectivity index (χ3v) is 1.74. The van der Waals surface area contributed by atoms with E-state index in [9.17, 15) is 4.79 Å². The van der Waals surface area contributed by atoms with Gasteiger partial charge in [0.05, 0.1) is 10.7 Å². The Morgan fingerprint density at radius 1 is 1.58 bits per heavy atom. The SMILES string of the molecule is CCC(=O)c1nnc(C)cc1Cl. The van der Waals surface area contributed by atoms with Gasteiger partial charge in [0.15, 0.2) is 5.78 Å². The second kappa shape index (κ2) is 3.63. The molecule has 0 radical (unpaired) electrons. The van der Waals surface area contributed by atoms with E-state index in [1.165, 1.54) is 0 Å². The fourth-order valence-corrected chi connectivity index (χ4v) is 1.11. The number of ketones is 1. The fraction of sp³-hybridized carbons (Fsp3) is 0.375. The Hall–Kier alpha value is -0.960. The van der Waals surface area contributed by atoms with Crippen LogP contribution < -0.4 is 0 Å². The van der Waals surface area contributed by atoms with E-state index in [1.807, 2.05) is 0 Å². The van der Waals surface area contributed by atoms with Crippen LogP contribution in [-0.2, 0) is 0 Å². The molecule has 1 heterocycles. The standard InChI is InChI=1S/C8H9ClN2O/c1-3-7(12)8-6(9)4-5(2)10-11-8/h4H,3H2,1-2H3. The predicted molar refractivity (Wildman–Crippen MR) is 46.4 cm³/mol. The lowest BCUT2D eigenvalue weighted by molar-refractivity contribution is 0.0982. The van der Waals surface area contributed by atoms with E-state index in [-0.39, 0.29) is 11.5 Å². The summed E-state index contributed by atoms with van der Waals surface area (Å²) in [6.07, 6.45) is 0.400. The molecule has 0 aromatic carbocycles. The molecule has 0 aliphatic rings. The fourth-order valence-electron chi connectivity index (χ4n) is 0.814. The largest absolute Gasteiger partial charge is 0.292 e. The second-order valence-corrected chi connectivity index (χ2v) is 2.87. The third kappa shape index (κ3) is 1.80. The lowest BCUT2D eigenvalue weighted by atomic mass is 10.2. The zero-order valence-electron chi connectivity index (χ0n) is 6.97. The van der Waals surface area contributed by atoms with Gasteiger partial charge >= 0.3 is 0 Å². The average molecular weight is 185 g/mol. The minimum absolute atomic E-state index is 0.0764. The van der Waals surface area contributed by atoms with Crippen molar-refractivity contribution >= 4 is 17.4 Å². The Labute approximate surface area is 75.8 Å². The number of aryl methyl sites for hydroxylation is 1. The van der Waals surface area contributed by atoms with E-state index in [2.05, 4.69) is 10.2 Å². The Bertz CT molecular complexity index is 312. The summed E-state index contributed by atoms with van der Waals surface area (Å²) in [5.74, 6) is -0.0764. The summed E-state index contributed by atoms with van der Waals surface area (Å²) < 4.78 is 0. The molecular formula is C8H9ClN2O. The number of carbonyl (C=O) groups is 1. The van der Waals surface area contributed by atoms with Gasteiger partial charge in [-0.3, -0.25) is 4.79 Å². The van der Waals surface area contributed by atoms with E-state index in [0.29, 0.717) is 17.1 Å². The summed E-state index contributed by atoms with van der Waals surface area (Å²) >= 11 is 5.78. The van der Waals surface area contributed by atoms with Crippen LogP contribution in [0.25, 0.3) is 0 Å². The summed E-state index contributed by atoms with van der Waals surface area (Å²) in [5, 5.41) is 7.85. The van der Waals surface area contributed by atoms with Crippen LogP contribution in [0, 0.1) is 6.92 Å². The number of hydrogen-bond donors (Lipinski definition) is 0. The molecular weight excluding hydrogens is 176 g/mol. The molecule has 0 N–H and O–H groups in total. The van der Waals surface area contributed by atoms with Crippen molar-refractivity contribution in [2.45, 2.75) is 20.3 Å². The molecule has 0 saturated heterocycles. The molecule has 0 atom stereocenters. The highest BCUT2D eigenvalue weighted by Gasteiger charge is 2.10. The van der Waals surface area contributed by atoms with Gasteiger partial charge in [0.1, 0.15) is 5.69 Å². The first-order valence-corrected chi connectivity index (χ1v) is 4.06. The maximum Gasteiger partial charge on any atom is 0.184 e. The van der Waals surface area contributed by atoms with Crippen LogP contribution in [-0.4, -0.2) is 16.0 Å². The smallest absolute Gasteiger partial charge is 0.184 e. The zero-order chi connectivity index (χ0) is 9.14. The zero-order valence-corrected chi connectivity index (χ0v) is 7.72. The highest BCUT2D eigenvalue weighted by Crippen LogP contribution is 2.14. The molecule has 0 fully saturated rings. The number of halogens is 1. The van der Waals surface area contributed by atoms with Crippen molar-refractivity contribution in [1.29, 1.82) is 0 Å². The minimum atomic E-state index is -0.0764. The van der Waals surface area contributed by atoms with Crippen LogP contribution in [0.2, 0.25) is 5.02 Å². The number of carbonyl (C=O) groups excluding carboxylic acids is 1. The number of nitrogens with zero attached hydrogens (tertiary/aromatic N) is 2. The quantitative estimate of drug-likeness (QED) is 0.661. The second-order valence-electron chi connectivity index (χ2n) is 2.46. The molecule has 0 bridgehead atoms. The van der Waals surface area contributed by atoms with Gasteiger partial charge < -0.3 is 0 Å². The van der Waals surface area contributed by atoms with Gasteiger partial charge in [-0.15, -0.1) is 5.10 Å². The average Bonchev–Trinajstić information content (AvgIpc) is 2.03. The molecule has 0 spiro atoms. The highest BCUT2D eigenvalue weighted by molar-refractivity contribution is 6.33. The van der Waals surface area contributed by atoms with Crippen LogP contribution in [0.15, 0.2) is 6.07 Å². The third-order valence-electron chi connectivity index (χ3n) is 1.45. The van der Waals surface area contributed by atoms with E-state index < -0.39 is 0 Å². The lowest BCUT2D eigenvalue weighted by Gasteiger charge is -1.98. The minimum Gasteiger partial charge on any atom is -0.292 e. The molecule has 1 rings (SSSR count). The number of hydrogen-bond acceptors (Lipinski definition) is 3. The van der Waals surface area contributed by atoms with E-state index in [4.69, 9.17) is 11.6 Å². The summed E-state index contributed by atoms with van der Waals surface area (Å²) in [4.78, 5) is 11.2. The van der Waals surface area contributed by atoms with Crippen molar-refractivity contribution in [3.05, 3.63) is 22.5 Å². The molecule has 4 heteroatoms. The van der Waals surface area contributed by atoms with E-state index in [0.717, 1.165) is 0 Å². The van der Waals surface area contributed by atoms with Crippen LogP contribution in [0.4, 0.5) is 0 Å². The van der Waals surface area contributed by atoms with Crippen LogP contribution in [0.1, 0.15) is 29.5 Å². The molecule has 1 aromatic rings. The monoisotopic (exact) mass is 184 g/mol.